The first-order valence-electron chi connectivity index (χ1n) is 10.5. The van der Waals surface area contributed by atoms with Crippen LogP contribution in [0.5, 0.6) is 0 Å². The minimum Gasteiger partial charge on any atom is -0.454 e. The molecule has 6 nitrogen and oxygen atoms in total. The summed E-state index contributed by atoms with van der Waals surface area (Å²) in [6, 6.07) is 20.9. The zero-order valence-electron chi connectivity index (χ0n) is 18.1. The van der Waals surface area contributed by atoms with E-state index in [2.05, 4.69) is 0 Å². The van der Waals surface area contributed by atoms with Crippen LogP contribution in [0.2, 0.25) is 5.02 Å². The second-order valence-corrected chi connectivity index (χ2v) is 9.54. The van der Waals surface area contributed by atoms with Crippen molar-refractivity contribution in [3.05, 3.63) is 95.0 Å². The number of ether oxygens (including phenoxy) is 1. The van der Waals surface area contributed by atoms with Crippen LogP contribution in [-0.2, 0) is 14.8 Å². The number of Topliss-reactive ketones (excluding diaryl/α,β-unsaturated/α-hetero) is 1. The van der Waals surface area contributed by atoms with Crippen LogP contribution < -0.4 is 4.31 Å². The number of sulfonamides is 1. The van der Waals surface area contributed by atoms with E-state index >= 15 is 0 Å². The lowest BCUT2D eigenvalue weighted by molar-refractivity contribution is 0.0474. The standard InChI is InChI=1S/C25H24ClNO5S/c1-2-3-16-27(20-11-5-4-6-12-20)33(30,31)21-13-9-10-19(17-21)25(29)32-18-24(28)22-14-7-8-15-23(22)26/h4-15,17H,2-3,16,18H2,1H3. The summed E-state index contributed by atoms with van der Waals surface area (Å²) < 4.78 is 33.3. The van der Waals surface area contributed by atoms with Gasteiger partial charge in [-0.05, 0) is 48.9 Å². The molecule has 0 aliphatic carbocycles. The van der Waals surface area contributed by atoms with E-state index in [0.717, 1.165) is 6.42 Å². The van der Waals surface area contributed by atoms with Crippen molar-refractivity contribution < 1.29 is 22.7 Å². The van der Waals surface area contributed by atoms with Gasteiger partial charge in [0, 0.05) is 12.1 Å². The van der Waals surface area contributed by atoms with Gasteiger partial charge in [-0.3, -0.25) is 9.10 Å². The van der Waals surface area contributed by atoms with Gasteiger partial charge in [0.1, 0.15) is 0 Å². The molecule has 8 heteroatoms. The molecule has 0 aliphatic heterocycles. The minimum absolute atomic E-state index is 0.0330. The number of benzene rings is 3. The second-order valence-electron chi connectivity index (χ2n) is 7.27. The average Bonchev–Trinajstić information content (AvgIpc) is 2.83. The maximum absolute atomic E-state index is 13.4. The van der Waals surface area contributed by atoms with E-state index in [1.54, 1.807) is 48.5 Å². The SMILES string of the molecule is CCCCN(c1ccccc1)S(=O)(=O)c1cccc(C(=O)OCC(=O)c2ccccc2Cl)c1. The van der Waals surface area contributed by atoms with Crippen LogP contribution in [0.3, 0.4) is 0 Å². The molecule has 172 valence electrons. The van der Waals surface area contributed by atoms with Gasteiger partial charge in [-0.15, -0.1) is 0 Å². The van der Waals surface area contributed by atoms with E-state index in [-0.39, 0.29) is 21.0 Å². The van der Waals surface area contributed by atoms with Gasteiger partial charge in [0.25, 0.3) is 10.0 Å². The molecule has 0 saturated heterocycles. The lowest BCUT2D eigenvalue weighted by Gasteiger charge is -2.24. The number of rotatable bonds is 10. The molecule has 3 aromatic carbocycles. The Kier molecular flexibility index (Phi) is 8.25. The topological polar surface area (TPSA) is 80.8 Å². The molecule has 0 bridgehead atoms. The molecule has 0 radical (unpaired) electrons. The highest BCUT2D eigenvalue weighted by Crippen LogP contribution is 2.25. The number of halogens is 1. The molecular formula is C25H24ClNO5S. The van der Waals surface area contributed by atoms with Gasteiger partial charge < -0.3 is 4.74 Å². The molecule has 3 aromatic rings. The molecule has 0 aliphatic rings. The summed E-state index contributed by atoms with van der Waals surface area (Å²) in [7, 11) is -3.92. The van der Waals surface area contributed by atoms with Gasteiger partial charge in [-0.1, -0.05) is 61.3 Å². The molecule has 33 heavy (non-hydrogen) atoms. The largest absolute Gasteiger partial charge is 0.454 e. The van der Waals surface area contributed by atoms with Crippen LogP contribution in [0.4, 0.5) is 5.69 Å². The number of ketones is 1. The van der Waals surface area contributed by atoms with E-state index in [1.807, 2.05) is 13.0 Å². The van der Waals surface area contributed by atoms with Crippen molar-refractivity contribution in [2.24, 2.45) is 0 Å². The fourth-order valence-corrected chi connectivity index (χ4v) is 4.97. The maximum Gasteiger partial charge on any atom is 0.338 e. The molecule has 0 saturated carbocycles. The molecule has 0 fully saturated rings. The number of anilines is 1. The number of carbonyl (C=O) groups is 2. The Balaban J connectivity index is 1.80. The molecule has 0 spiro atoms. The normalized spacial score (nSPS) is 11.1. The van der Waals surface area contributed by atoms with Crippen molar-refractivity contribution in [3.63, 3.8) is 0 Å². The van der Waals surface area contributed by atoms with Gasteiger partial charge in [0.15, 0.2) is 6.61 Å². The number of carbonyl (C=O) groups excluding carboxylic acids is 2. The highest BCUT2D eigenvalue weighted by molar-refractivity contribution is 7.92. The Morgan fingerprint density at radius 1 is 0.939 bits per heavy atom. The number of para-hydroxylation sites is 1. The Morgan fingerprint density at radius 3 is 2.33 bits per heavy atom. The molecule has 0 amide bonds. The maximum atomic E-state index is 13.4. The summed E-state index contributed by atoms with van der Waals surface area (Å²) in [6.07, 6.45) is 1.50. The van der Waals surface area contributed by atoms with E-state index in [1.165, 1.54) is 28.6 Å². The summed E-state index contributed by atoms with van der Waals surface area (Å²) >= 11 is 6.01. The van der Waals surface area contributed by atoms with Gasteiger partial charge in [0.2, 0.25) is 5.78 Å². The lowest BCUT2D eigenvalue weighted by atomic mass is 10.1. The molecule has 0 aromatic heterocycles. The minimum atomic E-state index is -3.92. The molecule has 0 atom stereocenters. The second kappa shape index (κ2) is 11.1. The molecular weight excluding hydrogens is 462 g/mol. The summed E-state index contributed by atoms with van der Waals surface area (Å²) in [5, 5.41) is 0.264. The van der Waals surface area contributed by atoms with Crippen molar-refractivity contribution in [2.45, 2.75) is 24.7 Å². The predicted octanol–water partition coefficient (Wildman–Crippen LogP) is 5.38. The fourth-order valence-electron chi connectivity index (χ4n) is 3.17. The Hall–Kier alpha value is -3.16. The van der Waals surface area contributed by atoms with Crippen LogP contribution in [0.25, 0.3) is 0 Å². The zero-order valence-corrected chi connectivity index (χ0v) is 19.7. The predicted molar refractivity (Wildman–Crippen MR) is 128 cm³/mol. The van der Waals surface area contributed by atoms with Crippen molar-refractivity contribution in [2.75, 3.05) is 17.5 Å². The summed E-state index contributed by atoms with van der Waals surface area (Å²) in [5.41, 5.74) is 0.827. The van der Waals surface area contributed by atoms with Gasteiger partial charge in [-0.2, -0.15) is 0 Å². The van der Waals surface area contributed by atoms with Crippen molar-refractivity contribution in [3.8, 4) is 0 Å². The number of hydrogen-bond acceptors (Lipinski definition) is 5. The van der Waals surface area contributed by atoms with Crippen molar-refractivity contribution >= 4 is 39.1 Å². The van der Waals surface area contributed by atoms with Crippen LogP contribution in [0.1, 0.15) is 40.5 Å². The zero-order chi connectivity index (χ0) is 23.8. The molecule has 0 heterocycles. The smallest absolute Gasteiger partial charge is 0.338 e. The summed E-state index contributed by atoms with van der Waals surface area (Å²) in [5.74, 6) is -1.25. The van der Waals surface area contributed by atoms with E-state index < -0.39 is 28.4 Å². The van der Waals surface area contributed by atoms with E-state index in [4.69, 9.17) is 16.3 Å². The highest BCUT2D eigenvalue weighted by Gasteiger charge is 2.25. The third-order valence-electron chi connectivity index (χ3n) is 4.93. The van der Waals surface area contributed by atoms with Crippen molar-refractivity contribution in [1.82, 2.24) is 0 Å². The number of unbranched alkanes of at least 4 members (excludes halogenated alkanes) is 1. The first-order chi connectivity index (χ1) is 15.8. The number of nitrogens with zero attached hydrogens (tertiary/aromatic N) is 1. The molecule has 3 rings (SSSR count). The van der Waals surface area contributed by atoms with Crippen molar-refractivity contribution in [1.29, 1.82) is 0 Å². The third-order valence-corrected chi connectivity index (χ3v) is 7.08. The summed E-state index contributed by atoms with van der Waals surface area (Å²) in [4.78, 5) is 24.8. The fraction of sp³-hybridized carbons (Fsp3) is 0.200. The first kappa shape index (κ1) is 24.5. The number of esters is 1. The Labute approximate surface area is 198 Å². The monoisotopic (exact) mass is 485 g/mol. The van der Waals surface area contributed by atoms with E-state index in [9.17, 15) is 18.0 Å². The van der Waals surface area contributed by atoms with Crippen LogP contribution in [0.15, 0.2) is 83.8 Å². The van der Waals surface area contributed by atoms with Crippen LogP contribution in [0, 0.1) is 0 Å². The molecule has 0 unspecified atom stereocenters. The van der Waals surface area contributed by atoms with E-state index in [0.29, 0.717) is 18.7 Å². The average molecular weight is 486 g/mol. The first-order valence-corrected chi connectivity index (χ1v) is 12.3. The summed E-state index contributed by atoms with van der Waals surface area (Å²) in [6.45, 7) is 1.78. The Bertz CT molecular complexity index is 1230. The van der Waals surface area contributed by atoms with Crippen LogP contribution >= 0.6 is 11.6 Å². The van der Waals surface area contributed by atoms with Gasteiger partial charge in [-0.25, -0.2) is 13.2 Å². The third kappa shape index (κ3) is 6.00. The van der Waals surface area contributed by atoms with Crippen LogP contribution in [-0.4, -0.2) is 33.3 Å². The lowest BCUT2D eigenvalue weighted by Crippen LogP contribution is -2.32. The van der Waals surface area contributed by atoms with Gasteiger partial charge in [0.05, 0.1) is 21.2 Å². The highest BCUT2D eigenvalue weighted by atomic mass is 35.5. The Morgan fingerprint density at radius 2 is 1.64 bits per heavy atom. The quantitative estimate of drug-likeness (QED) is 0.284. The number of hydrogen-bond donors (Lipinski definition) is 0. The van der Waals surface area contributed by atoms with Gasteiger partial charge >= 0.3 is 5.97 Å². The molecule has 0 N–H and O–H groups in total.